The summed E-state index contributed by atoms with van der Waals surface area (Å²) in [6.07, 6.45) is -3.36. The van der Waals surface area contributed by atoms with Crippen LogP contribution in [-0.4, -0.2) is 9.97 Å². The van der Waals surface area contributed by atoms with Gasteiger partial charge in [-0.25, -0.2) is 9.97 Å². The minimum atomic E-state index is -4.38. The number of nitrogens with zero attached hydrogens (tertiary/aromatic N) is 2. The van der Waals surface area contributed by atoms with Crippen LogP contribution in [-0.2, 0) is 6.18 Å². The molecule has 1 heterocycles. The zero-order valence-electron chi connectivity index (χ0n) is 8.87. The van der Waals surface area contributed by atoms with E-state index in [0.717, 1.165) is 24.5 Å². The van der Waals surface area contributed by atoms with Crippen LogP contribution in [0.2, 0.25) is 0 Å². The van der Waals surface area contributed by atoms with Crippen LogP contribution in [0.4, 0.5) is 29.1 Å². The molecule has 0 atom stereocenters. The number of aromatic nitrogens is 2. The van der Waals surface area contributed by atoms with Gasteiger partial charge in [0.25, 0.3) is 0 Å². The molecule has 0 amide bonds. The Morgan fingerprint density at radius 3 is 2.22 bits per heavy atom. The van der Waals surface area contributed by atoms with E-state index in [9.17, 15) is 17.6 Å². The molecule has 0 fully saturated rings. The molecule has 0 bridgehead atoms. The molecule has 0 saturated heterocycles. The second kappa shape index (κ2) is 4.59. The standard InChI is InChI=1S/C11H7F4N3/c12-9-5-10(17-6-16-9)18-8-3-1-7(2-4-8)11(13,14)15/h1-6H,(H,16,17,18). The van der Waals surface area contributed by atoms with Gasteiger partial charge >= 0.3 is 6.18 Å². The number of alkyl halides is 3. The van der Waals surface area contributed by atoms with Crippen molar-refractivity contribution in [2.75, 3.05) is 5.32 Å². The maximum absolute atomic E-state index is 12.8. The fourth-order valence-corrected chi connectivity index (χ4v) is 1.29. The summed E-state index contributed by atoms with van der Waals surface area (Å²) < 4.78 is 49.7. The van der Waals surface area contributed by atoms with Gasteiger partial charge in [0.1, 0.15) is 12.1 Å². The molecule has 0 spiro atoms. The van der Waals surface area contributed by atoms with Gasteiger partial charge in [-0.1, -0.05) is 0 Å². The predicted octanol–water partition coefficient (Wildman–Crippen LogP) is 3.38. The monoisotopic (exact) mass is 257 g/mol. The number of halogens is 4. The van der Waals surface area contributed by atoms with Crippen molar-refractivity contribution in [1.29, 1.82) is 0 Å². The van der Waals surface area contributed by atoms with Gasteiger partial charge < -0.3 is 5.32 Å². The molecule has 1 aromatic heterocycles. The molecule has 7 heteroatoms. The Hall–Kier alpha value is -2.18. The lowest BCUT2D eigenvalue weighted by molar-refractivity contribution is -0.137. The summed E-state index contributed by atoms with van der Waals surface area (Å²) in [5.41, 5.74) is -0.372. The molecule has 1 N–H and O–H groups in total. The molecule has 2 aromatic rings. The Balaban J connectivity index is 2.16. The summed E-state index contributed by atoms with van der Waals surface area (Å²) in [6.45, 7) is 0. The Morgan fingerprint density at radius 2 is 1.67 bits per heavy atom. The first-order valence-electron chi connectivity index (χ1n) is 4.87. The predicted molar refractivity (Wildman–Crippen MR) is 56.7 cm³/mol. The first-order chi connectivity index (χ1) is 8.45. The highest BCUT2D eigenvalue weighted by Gasteiger charge is 2.29. The van der Waals surface area contributed by atoms with E-state index < -0.39 is 17.7 Å². The topological polar surface area (TPSA) is 37.8 Å². The van der Waals surface area contributed by atoms with Gasteiger partial charge in [0.2, 0.25) is 5.95 Å². The molecule has 0 radical (unpaired) electrons. The zero-order chi connectivity index (χ0) is 13.2. The van der Waals surface area contributed by atoms with Crippen molar-refractivity contribution in [3.63, 3.8) is 0 Å². The first-order valence-corrected chi connectivity index (χ1v) is 4.87. The second-order valence-corrected chi connectivity index (χ2v) is 3.43. The van der Waals surface area contributed by atoms with Crippen molar-refractivity contribution in [3.05, 3.63) is 48.2 Å². The maximum Gasteiger partial charge on any atom is 0.416 e. The van der Waals surface area contributed by atoms with Crippen molar-refractivity contribution < 1.29 is 17.6 Å². The van der Waals surface area contributed by atoms with E-state index in [1.54, 1.807) is 0 Å². The number of nitrogens with one attached hydrogen (secondary N) is 1. The smallest absolute Gasteiger partial charge is 0.340 e. The summed E-state index contributed by atoms with van der Waals surface area (Å²) in [6, 6.07) is 5.38. The quantitative estimate of drug-likeness (QED) is 0.662. The minimum Gasteiger partial charge on any atom is -0.340 e. The summed E-state index contributed by atoms with van der Waals surface area (Å²) in [4.78, 5) is 6.98. The van der Waals surface area contributed by atoms with Gasteiger partial charge in [-0.05, 0) is 24.3 Å². The van der Waals surface area contributed by atoms with E-state index in [-0.39, 0.29) is 5.82 Å². The van der Waals surface area contributed by atoms with Crippen LogP contribution < -0.4 is 5.32 Å². The van der Waals surface area contributed by atoms with Crippen LogP contribution in [0, 0.1) is 5.95 Å². The zero-order valence-corrected chi connectivity index (χ0v) is 8.87. The number of rotatable bonds is 2. The molecule has 0 unspecified atom stereocenters. The van der Waals surface area contributed by atoms with E-state index in [1.165, 1.54) is 12.1 Å². The fraction of sp³-hybridized carbons (Fsp3) is 0.0909. The summed E-state index contributed by atoms with van der Waals surface area (Å²) in [5, 5.41) is 2.66. The maximum atomic E-state index is 12.8. The molecular formula is C11H7F4N3. The third-order valence-corrected chi connectivity index (χ3v) is 2.12. The molecule has 0 aliphatic rings. The van der Waals surface area contributed by atoms with Crippen molar-refractivity contribution in [1.82, 2.24) is 9.97 Å². The van der Waals surface area contributed by atoms with Crippen LogP contribution in [0.1, 0.15) is 5.56 Å². The highest BCUT2D eigenvalue weighted by Crippen LogP contribution is 2.30. The highest BCUT2D eigenvalue weighted by atomic mass is 19.4. The van der Waals surface area contributed by atoms with Gasteiger partial charge in [0.05, 0.1) is 5.56 Å². The molecule has 0 saturated carbocycles. The third-order valence-electron chi connectivity index (χ3n) is 2.12. The van der Waals surface area contributed by atoms with Gasteiger partial charge in [-0.2, -0.15) is 17.6 Å². The summed E-state index contributed by atoms with van der Waals surface area (Å²) >= 11 is 0. The van der Waals surface area contributed by atoms with Crippen molar-refractivity contribution >= 4 is 11.5 Å². The van der Waals surface area contributed by atoms with E-state index in [2.05, 4.69) is 15.3 Å². The van der Waals surface area contributed by atoms with Gasteiger partial charge in [0, 0.05) is 11.8 Å². The Kier molecular flexibility index (Phi) is 3.14. The van der Waals surface area contributed by atoms with E-state index in [0.29, 0.717) is 5.69 Å². The van der Waals surface area contributed by atoms with Crippen molar-refractivity contribution in [2.24, 2.45) is 0 Å². The molecule has 0 aliphatic heterocycles. The van der Waals surface area contributed by atoms with Gasteiger partial charge in [0.15, 0.2) is 0 Å². The lowest BCUT2D eigenvalue weighted by Gasteiger charge is -2.08. The van der Waals surface area contributed by atoms with Crippen LogP contribution in [0.3, 0.4) is 0 Å². The largest absolute Gasteiger partial charge is 0.416 e. The Morgan fingerprint density at radius 1 is 1.00 bits per heavy atom. The highest BCUT2D eigenvalue weighted by molar-refractivity contribution is 5.56. The fourth-order valence-electron chi connectivity index (χ4n) is 1.29. The molecule has 2 rings (SSSR count). The van der Waals surface area contributed by atoms with Crippen molar-refractivity contribution in [3.8, 4) is 0 Å². The first kappa shape index (κ1) is 12.3. The molecule has 18 heavy (non-hydrogen) atoms. The van der Waals surface area contributed by atoms with E-state index >= 15 is 0 Å². The molecule has 3 nitrogen and oxygen atoms in total. The Labute approximate surface area is 99.5 Å². The normalized spacial score (nSPS) is 11.3. The Bertz CT molecular complexity index is 537. The van der Waals surface area contributed by atoms with Crippen LogP contribution in [0.15, 0.2) is 36.7 Å². The SMILES string of the molecule is Fc1cc(Nc2ccc(C(F)(F)F)cc2)ncn1. The van der Waals surface area contributed by atoms with Crippen LogP contribution in [0.5, 0.6) is 0 Å². The molecule has 1 aromatic carbocycles. The number of benzene rings is 1. The van der Waals surface area contributed by atoms with Gasteiger partial charge in [-0.3, -0.25) is 0 Å². The summed E-state index contributed by atoms with van der Waals surface area (Å²) in [7, 11) is 0. The minimum absolute atomic E-state index is 0.169. The summed E-state index contributed by atoms with van der Waals surface area (Å²) in [5.74, 6) is -0.554. The van der Waals surface area contributed by atoms with Crippen molar-refractivity contribution in [2.45, 2.75) is 6.18 Å². The third kappa shape index (κ3) is 2.93. The number of hydrogen-bond acceptors (Lipinski definition) is 3. The molecule has 94 valence electrons. The average Bonchev–Trinajstić information content (AvgIpc) is 2.28. The van der Waals surface area contributed by atoms with E-state index in [1.807, 2.05) is 0 Å². The van der Waals surface area contributed by atoms with E-state index in [4.69, 9.17) is 0 Å². The van der Waals surface area contributed by atoms with Crippen LogP contribution in [0.25, 0.3) is 0 Å². The average molecular weight is 257 g/mol. The lowest BCUT2D eigenvalue weighted by Crippen LogP contribution is -2.04. The lowest BCUT2D eigenvalue weighted by atomic mass is 10.2. The number of hydrogen-bond donors (Lipinski definition) is 1. The molecular weight excluding hydrogens is 250 g/mol. The van der Waals surface area contributed by atoms with Crippen LogP contribution >= 0.6 is 0 Å². The second-order valence-electron chi connectivity index (χ2n) is 3.43. The van der Waals surface area contributed by atoms with Gasteiger partial charge in [-0.15, -0.1) is 0 Å². The number of anilines is 2. The molecule has 0 aliphatic carbocycles.